The molecule has 9 aromatic carbocycles. The monoisotopic (exact) mass is 688 g/mol. The van der Waals surface area contributed by atoms with Crippen molar-refractivity contribution in [2.75, 3.05) is 0 Å². The van der Waals surface area contributed by atoms with Crippen molar-refractivity contribution in [2.24, 2.45) is 0 Å². The Bertz CT molecular complexity index is 3030. The van der Waals surface area contributed by atoms with Gasteiger partial charge in [0, 0.05) is 10.8 Å². The number of hydrogen-bond acceptors (Lipinski definition) is 0. The fourth-order valence-corrected chi connectivity index (χ4v) is 10.4. The lowest BCUT2D eigenvalue weighted by molar-refractivity contribution is 0.661. The molecular formula is C54H40. The zero-order valence-corrected chi connectivity index (χ0v) is 31.2. The minimum Gasteiger partial charge on any atom is -0.0622 e. The highest BCUT2D eigenvalue weighted by molar-refractivity contribution is 6.25. The molecule has 0 saturated heterocycles. The van der Waals surface area contributed by atoms with E-state index in [0.717, 1.165) is 0 Å². The van der Waals surface area contributed by atoms with Gasteiger partial charge in [0.2, 0.25) is 0 Å². The van der Waals surface area contributed by atoms with E-state index in [9.17, 15) is 0 Å². The first kappa shape index (κ1) is 31.3. The van der Waals surface area contributed by atoms with E-state index in [4.69, 9.17) is 0 Å². The van der Waals surface area contributed by atoms with Crippen molar-refractivity contribution in [1.82, 2.24) is 0 Å². The first-order valence-corrected chi connectivity index (χ1v) is 19.3. The highest BCUT2D eigenvalue weighted by Crippen LogP contribution is 2.56. The molecule has 0 bridgehead atoms. The number of rotatable bonds is 3. The van der Waals surface area contributed by atoms with E-state index in [0.29, 0.717) is 0 Å². The van der Waals surface area contributed by atoms with Crippen LogP contribution in [0, 0.1) is 0 Å². The highest BCUT2D eigenvalue weighted by Gasteiger charge is 2.39. The average Bonchev–Trinajstić information content (AvgIpc) is 3.59. The largest absolute Gasteiger partial charge is 0.0622 e. The normalized spacial score (nSPS) is 14.6. The van der Waals surface area contributed by atoms with Gasteiger partial charge in [0.05, 0.1) is 0 Å². The lowest BCUT2D eigenvalue weighted by Gasteiger charge is -2.26. The molecular weight excluding hydrogens is 649 g/mol. The Kier molecular flexibility index (Phi) is 6.46. The Hall–Kier alpha value is -6.24. The minimum atomic E-state index is -0.128. The molecule has 0 atom stereocenters. The SMILES string of the molecule is CC1(C)c2ccccc2-c2c1cc(-c1c3ccccc3c(-c3ccccc3)c3ccc(-c4cccc5c4C(C)(C)c4ccccc4-5)cc13)c1ccccc21. The summed E-state index contributed by atoms with van der Waals surface area (Å²) in [5.74, 6) is 0. The van der Waals surface area contributed by atoms with E-state index in [-0.39, 0.29) is 10.8 Å². The van der Waals surface area contributed by atoms with Gasteiger partial charge < -0.3 is 0 Å². The first-order valence-electron chi connectivity index (χ1n) is 19.3. The lowest BCUT2D eigenvalue weighted by atomic mass is 9.77. The van der Waals surface area contributed by atoms with Crippen LogP contribution in [0.25, 0.3) is 88.0 Å². The Morgan fingerprint density at radius 3 is 1.56 bits per heavy atom. The van der Waals surface area contributed by atoms with Crippen LogP contribution < -0.4 is 0 Å². The molecule has 0 N–H and O–H groups in total. The van der Waals surface area contributed by atoms with Crippen LogP contribution in [0.1, 0.15) is 49.9 Å². The summed E-state index contributed by atoms with van der Waals surface area (Å²) in [6.45, 7) is 9.59. The summed E-state index contributed by atoms with van der Waals surface area (Å²) in [7, 11) is 0. The van der Waals surface area contributed by atoms with Crippen molar-refractivity contribution in [3.63, 3.8) is 0 Å². The van der Waals surface area contributed by atoms with Crippen LogP contribution in [0.5, 0.6) is 0 Å². The molecule has 0 fully saturated rings. The van der Waals surface area contributed by atoms with E-state index >= 15 is 0 Å². The second kappa shape index (κ2) is 11.1. The van der Waals surface area contributed by atoms with Crippen LogP contribution >= 0.6 is 0 Å². The summed E-state index contributed by atoms with van der Waals surface area (Å²) >= 11 is 0. The maximum absolute atomic E-state index is 2.55. The summed E-state index contributed by atoms with van der Waals surface area (Å²) < 4.78 is 0. The number of fused-ring (bicyclic) bond motifs is 10. The minimum absolute atomic E-state index is 0.115. The third-order valence-corrected chi connectivity index (χ3v) is 12.8. The molecule has 0 saturated carbocycles. The third-order valence-electron chi connectivity index (χ3n) is 12.8. The molecule has 0 aromatic heterocycles. The molecule has 0 radical (unpaired) electrons. The average molecular weight is 689 g/mol. The lowest BCUT2D eigenvalue weighted by Crippen LogP contribution is -2.16. The van der Waals surface area contributed by atoms with Crippen LogP contribution in [0.15, 0.2) is 170 Å². The maximum Gasteiger partial charge on any atom is 0.0165 e. The molecule has 0 aliphatic heterocycles. The molecule has 0 amide bonds. The Morgan fingerprint density at radius 2 is 0.815 bits per heavy atom. The number of hydrogen-bond donors (Lipinski definition) is 0. The molecule has 0 heterocycles. The van der Waals surface area contributed by atoms with Gasteiger partial charge in [-0.3, -0.25) is 0 Å². The summed E-state index contributed by atoms with van der Waals surface area (Å²) in [6, 6.07) is 64.0. The molecule has 0 unspecified atom stereocenters. The molecule has 0 spiro atoms. The van der Waals surface area contributed by atoms with E-state index in [1.807, 2.05) is 0 Å². The van der Waals surface area contributed by atoms with Gasteiger partial charge in [0.1, 0.15) is 0 Å². The van der Waals surface area contributed by atoms with Crippen LogP contribution in [0.4, 0.5) is 0 Å². The second-order valence-corrected chi connectivity index (χ2v) is 16.4. The summed E-state index contributed by atoms with van der Waals surface area (Å²) in [5.41, 5.74) is 18.5. The second-order valence-electron chi connectivity index (χ2n) is 16.4. The standard InChI is InChI=1S/C54H40/c1-53(2)47-28-15-13-24-43(47)51-38-21-9-8-19-36(38)45(32-48(51)53)50-40-23-11-10-22-39(40)49(33-17-6-5-7-18-33)41-30-29-34(31-44(41)50)35-25-16-26-42-37-20-12-14-27-46(37)54(3,4)52(35)42/h5-32H,1-4H3. The molecule has 9 aromatic rings. The van der Waals surface area contributed by atoms with Gasteiger partial charge in [-0.1, -0.05) is 185 Å². The van der Waals surface area contributed by atoms with Gasteiger partial charge in [-0.15, -0.1) is 0 Å². The number of benzene rings is 9. The van der Waals surface area contributed by atoms with Crippen molar-refractivity contribution in [3.8, 4) is 55.6 Å². The Balaban J connectivity index is 1.29. The fraction of sp³-hybridized carbons (Fsp3) is 0.111. The molecule has 2 aliphatic rings. The third kappa shape index (κ3) is 4.14. The summed E-state index contributed by atoms with van der Waals surface area (Å²) in [6.07, 6.45) is 0. The topological polar surface area (TPSA) is 0 Å². The van der Waals surface area contributed by atoms with Crippen molar-refractivity contribution < 1.29 is 0 Å². The molecule has 0 nitrogen and oxygen atoms in total. The summed E-state index contributed by atoms with van der Waals surface area (Å²) in [4.78, 5) is 0. The molecule has 11 rings (SSSR count). The summed E-state index contributed by atoms with van der Waals surface area (Å²) in [5, 5.41) is 7.75. The van der Waals surface area contributed by atoms with Crippen molar-refractivity contribution in [2.45, 2.75) is 38.5 Å². The zero-order chi connectivity index (χ0) is 36.3. The van der Waals surface area contributed by atoms with Crippen molar-refractivity contribution >= 4 is 32.3 Å². The zero-order valence-electron chi connectivity index (χ0n) is 31.2. The highest BCUT2D eigenvalue weighted by atomic mass is 14.4. The van der Waals surface area contributed by atoms with Gasteiger partial charge >= 0.3 is 0 Å². The van der Waals surface area contributed by atoms with Crippen LogP contribution in [0.3, 0.4) is 0 Å². The van der Waals surface area contributed by atoms with Crippen LogP contribution in [0.2, 0.25) is 0 Å². The van der Waals surface area contributed by atoms with Crippen LogP contribution in [-0.4, -0.2) is 0 Å². The van der Waals surface area contributed by atoms with Gasteiger partial charge in [0.15, 0.2) is 0 Å². The van der Waals surface area contributed by atoms with Crippen LogP contribution in [-0.2, 0) is 10.8 Å². The Morgan fingerprint density at radius 1 is 0.278 bits per heavy atom. The fourth-order valence-electron chi connectivity index (χ4n) is 10.4. The van der Waals surface area contributed by atoms with Gasteiger partial charge in [-0.25, -0.2) is 0 Å². The van der Waals surface area contributed by atoms with Gasteiger partial charge in [-0.05, 0) is 122 Å². The van der Waals surface area contributed by atoms with Crippen molar-refractivity contribution in [3.05, 3.63) is 192 Å². The van der Waals surface area contributed by atoms with E-state index in [2.05, 4.69) is 198 Å². The quantitative estimate of drug-likeness (QED) is 0.162. The molecule has 0 heteroatoms. The first-order chi connectivity index (χ1) is 26.3. The molecule has 54 heavy (non-hydrogen) atoms. The van der Waals surface area contributed by atoms with E-state index < -0.39 is 0 Å². The molecule has 256 valence electrons. The van der Waals surface area contributed by atoms with E-state index in [1.165, 1.54) is 110 Å². The maximum atomic E-state index is 2.55. The van der Waals surface area contributed by atoms with Crippen molar-refractivity contribution in [1.29, 1.82) is 0 Å². The Labute approximate surface area is 317 Å². The van der Waals surface area contributed by atoms with E-state index in [1.54, 1.807) is 0 Å². The predicted octanol–water partition coefficient (Wildman–Crippen LogP) is 14.8. The molecule has 2 aliphatic carbocycles. The van der Waals surface area contributed by atoms with Gasteiger partial charge in [-0.2, -0.15) is 0 Å². The van der Waals surface area contributed by atoms with Gasteiger partial charge in [0.25, 0.3) is 0 Å². The smallest absolute Gasteiger partial charge is 0.0165 e. The predicted molar refractivity (Wildman–Crippen MR) is 230 cm³/mol.